The van der Waals surface area contributed by atoms with E-state index in [0.29, 0.717) is 6.54 Å². The number of likely N-dealkylation sites (tertiary alicyclic amines) is 1. The number of ether oxygens (including phenoxy) is 1. The molecule has 1 amide bonds. The Balaban J connectivity index is 1.49. The molecule has 4 nitrogen and oxygen atoms in total. The van der Waals surface area contributed by atoms with Crippen molar-refractivity contribution in [3.8, 4) is 5.75 Å². The van der Waals surface area contributed by atoms with E-state index in [4.69, 9.17) is 4.98 Å². The highest BCUT2D eigenvalue weighted by Gasteiger charge is 2.29. The average Bonchev–Trinajstić information content (AvgIpc) is 3.17. The first-order chi connectivity index (χ1) is 14.1. The first-order valence-corrected chi connectivity index (χ1v) is 10.3. The third kappa shape index (κ3) is 4.62. The number of nitrogens with zero attached hydrogens (tertiary/aromatic N) is 2. The zero-order chi connectivity index (χ0) is 20.2. The smallest absolute Gasteiger partial charge is 0.387 e. The summed E-state index contributed by atoms with van der Waals surface area (Å²) < 4.78 is 29.9. The number of carbonyl (C=O) groups excluding carboxylic acids is 1. The molecule has 0 aliphatic carbocycles. The van der Waals surface area contributed by atoms with E-state index in [1.165, 1.54) is 18.2 Å². The van der Waals surface area contributed by atoms with Crippen molar-refractivity contribution in [2.24, 2.45) is 0 Å². The molecule has 1 aliphatic rings. The highest BCUT2D eigenvalue weighted by molar-refractivity contribution is 7.18. The zero-order valence-corrected chi connectivity index (χ0v) is 16.4. The normalized spacial score (nSPS) is 17.3. The standard InChI is InChI=1S/C22H20F2N2O2S/c23-22(24)28-16-11-8-15(9-12-16)10-13-20(27)26-14-4-3-6-18(26)21-25-17-5-1-2-7-19(17)29-21/h1-2,5,7-13,18,22H,3-4,6,14H2/b13-10+. The molecular formula is C22H20F2N2O2S. The molecule has 0 spiro atoms. The number of para-hydroxylation sites is 1. The molecule has 7 heteroatoms. The van der Waals surface area contributed by atoms with Crippen molar-refractivity contribution in [2.75, 3.05) is 6.54 Å². The van der Waals surface area contributed by atoms with E-state index in [0.717, 1.165) is 40.1 Å². The Morgan fingerprint density at radius 3 is 2.72 bits per heavy atom. The topological polar surface area (TPSA) is 42.4 Å². The van der Waals surface area contributed by atoms with Crippen molar-refractivity contribution in [2.45, 2.75) is 31.9 Å². The summed E-state index contributed by atoms with van der Waals surface area (Å²) in [5, 5.41) is 0.973. The number of amides is 1. The molecule has 1 aliphatic heterocycles. The number of benzene rings is 2. The van der Waals surface area contributed by atoms with Crippen LogP contribution in [0.3, 0.4) is 0 Å². The van der Waals surface area contributed by atoms with Gasteiger partial charge in [0.25, 0.3) is 0 Å². The van der Waals surface area contributed by atoms with Crippen LogP contribution in [0.1, 0.15) is 35.9 Å². The number of rotatable bonds is 5. The molecule has 4 rings (SSSR count). The maximum absolute atomic E-state index is 12.9. The zero-order valence-electron chi connectivity index (χ0n) is 15.6. The predicted molar refractivity (Wildman–Crippen MR) is 110 cm³/mol. The molecule has 1 saturated heterocycles. The third-order valence-electron chi connectivity index (χ3n) is 4.90. The molecule has 0 radical (unpaired) electrons. The van der Waals surface area contributed by atoms with E-state index in [1.54, 1.807) is 29.5 Å². The van der Waals surface area contributed by atoms with Gasteiger partial charge in [-0.2, -0.15) is 8.78 Å². The molecule has 1 aromatic heterocycles. The second kappa shape index (κ2) is 8.69. The molecule has 0 bridgehead atoms. The van der Waals surface area contributed by atoms with E-state index < -0.39 is 6.61 Å². The summed E-state index contributed by atoms with van der Waals surface area (Å²) in [4.78, 5) is 19.5. The van der Waals surface area contributed by atoms with Gasteiger partial charge in [-0.05, 0) is 55.2 Å². The lowest BCUT2D eigenvalue weighted by atomic mass is 10.0. The molecule has 2 heterocycles. The summed E-state index contributed by atoms with van der Waals surface area (Å²) >= 11 is 1.64. The Morgan fingerprint density at radius 2 is 1.97 bits per heavy atom. The maximum atomic E-state index is 12.9. The van der Waals surface area contributed by atoms with Crippen LogP contribution in [-0.2, 0) is 4.79 Å². The number of hydrogen-bond acceptors (Lipinski definition) is 4. The summed E-state index contributed by atoms with van der Waals surface area (Å²) in [5.41, 5.74) is 1.71. The Bertz CT molecular complexity index is 984. The summed E-state index contributed by atoms with van der Waals surface area (Å²) in [6.07, 6.45) is 6.17. The van der Waals surface area contributed by atoms with Crippen LogP contribution in [0.15, 0.2) is 54.6 Å². The molecule has 1 fully saturated rings. The van der Waals surface area contributed by atoms with Gasteiger partial charge in [0, 0.05) is 12.6 Å². The number of fused-ring (bicyclic) bond motifs is 1. The van der Waals surface area contributed by atoms with Gasteiger partial charge in [0.1, 0.15) is 10.8 Å². The number of aromatic nitrogens is 1. The Labute approximate surface area is 171 Å². The fourth-order valence-electron chi connectivity index (χ4n) is 3.51. The fraction of sp³-hybridized carbons (Fsp3) is 0.273. The molecule has 0 saturated carbocycles. The van der Waals surface area contributed by atoms with Crippen molar-refractivity contribution >= 4 is 33.5 Å². The fourth-order valence-corrected chi connectivity index (χ4v) is 4.62. The number of hydrogen-bond donors (Lipinski definition) is 0. The molecular weight excluding hydrogens is 394 g/mol. The van der Waals surface area contributed by atoms with E-state index >= 15 is 0 Å². The number of halogens is 2. The lowest BCUT2D eigenvalue weighted by Crippen LogP contribution is -2.37. The van der Waals surface area contributed by atoms with Crippen LogP contribution in [0.5, 0.6) is 5.75 Å². The van der Waals surface area contributed by atoms with E-state index in [-0.39, 0.29) is 17.7 Å². The van der Waals surface area contributed by atoms with Crippen LogP contribution in [0.4, 0.5) is 8.78 Å². The first kappa shape index (κ1) is 19.5. The Morgan fingerprint density at radius 1 is 1.17 bits per heavy atom. The second-order valence-corrected chi connectivity index (χ2v) is 7.91. The minimum atomic E-state index is -2.85. The molecule has 1 unspecified atom stereocenters. The van der Waals surface area contributed by atoms with Crippen molar-refractivity contribution in [3.05, 3.63) is 65.2 Å². The summed E-state index contributed by atoms with van der Waals surface area (Å²) in [5.74, 6) is 0.0253. The molecule has 2 aromatic carbocycles. The largest absolute Gasteiger partial charge is 0.435 e. The van der Waals surface area contributed by atoms with Gasteiger partial charge in [-0.1, -0.05) is 24.3 Å². The molecule has 3 aromatic rings. The molecule has 150 valence electrons. The number of alkyl halides is 2. The third-order valence-corrected chi connectivity index (χ3v) is 6.04. The van der Waals surface area contributed by atoms with Crippen LogP contribution >= 0.6 is 11.3 Å². The van der Waals surface area contributed by atoms with Gasteiger partial charge in [0.2, 0.25) is 5.91 Å². The van der Waals surface area contributed by atoms with Crippen LogP contribution in [0.25, 0.3) is 16.3 Å². The number of thiazole rings is 1. The summed E-state index contributed by atoms with van der Waals surface area (Å²) in [7, 11) is 0. The van der Waals surface area contributed by atoms with Gasteiger partial charge < -0.3 is 9.64 Å². The lowest BCUT2D eigenvalue weighted by Gasteiger charge is -2.33. The lowest BCUT2D eigenvalue weighted by molar-refractivity contribution is -0.129. The van der Waals surface area contributed by atoms with Crippen molar-refractivity contribution < 1.29 is 18.3 Å². The predicted octanol–water partition coefficient (Wildman–Crippen LogP) is 5.66. The average molecular weight is 414 g/mol. The van der Waals surface area contributed by atoms with E-state index in [1.807, 2.05) is 29.2 Å². The van der Waals surface area contributed by atoms with Gasteiger partial charge in [-0.25, -0.2) is 4.98 Å². The monoisotopic (exact) mass is 414 g/mol. The van der Waals surface area contributed by atoms with Gasteiger partial charge in [0.15, 0.2) is 0 Å². The van der Waals surface area contributed by atoms with Gasteiger partial charge in [0.05, 0.1) is 16.3 Å². The molecule has 1 atom stereocenters. The molecule has 29 heavy (non-hydrogen) atoms. The quantitative estimate of drug-likeness (QED) is 0.506. The highest BCUT2D eigenvalue weighted by Crippen LogP contribution is 2.35. The van der Waals surface area contributed by atoms with Gasteiger partial charge in [-0.3, -0.25) is 4.79 Å². The van der Waals surface area contributed by atoms with Gasteiger partial charge in [-0.15, -0.1) is 11.3 Å². The summed E-state index contributed by atoms with van der Waals surface area (Å²) in [6, 6.07) is 14.2. The molecule has 0 N–H and O–H groups in total. The van der Waals surface area contributed by atoms with Crippen molar-refractivity contribution in [1.29, 1.82) is 0 Å². The summed E-state index contributed by atoms with van der Waals surface area (Å²) in [6.45, 7) is -2.15. The SMILES string of the molecule is O=C(/C=C/c1ccc(OC(F)F)cc1)N1CCCCC1c1nc2ccccc2s1. The number of piperidine rings is 1. The first-order valence-electron chi connectivity index (χ1n) is 9.49. The van der Waals surface area contributed by atoms with Crippen LogP contribution in [-0.4, -0.2) is 28.9 Å². The van der Waals surface area contributed by atoms with Gasteiger partial charge >= 0.3 is 6.61 Å². The van der Waals surface area contributed by atoms with Crippen LogP contribution in [0, 0.1) is 0 Å². The van der Waals surface area contributed by atoms with E-state index in [2.05, 4.69) is 4.74 Å². The Kier molecular flexibility index (Phi) is 5.85. The van der Waals surface area contributed by atoms with Crippen molar-refractivity contribution in [1.82, 2.24) is 9.88 Å². The Hall–Kier alpha value is -2.80. The maximum Gasteiger partial charge on any atom is 0.387 e. The minimum Gasteiger partial charge on any atom is -0.435 e. The minimum absolute atomic E-state index is 0.0138. The number of carbonyl (C=O) groups is 1. The highest BCUT2D eigenvalue weighted by atomic mass is 32.1. The van der Waals surface area contributed by atoms with E-state index in [9.17, 15) is 13.6 Å². The second-order valence-electron chi connectivity index (χ2n) is 6.84. The van der Waals surface area contributed by atoms with Crippen LogP contribution < -0.4 is 4.74 Å². The van der Waals surface area contributed by atoms with Crippen molar-refractivity contribution in [3.63, 3.8) is 0 Å². The van der Waals surface area contributed by atoms with Crippen LogP contribution in [0.2, 0.25) is 0 Å².